The van der Waals surface area contributed by atoms with E-state index in [0.717, 1.165) is 17.0 Å². The Hall–Kier alpha value is -3.16. The van der Waals surface area contributed by atoms with Gasteiger partial charge in [-0.15, -0.1) is 0 Å². The average Bonchev–Trinajstić information content (AvgIpc) is 2.57. The molecule has 0 atom stereocenters. The molecule has 3 nitrogen and oxygen atoms in total. The van der Waals surface area contributed by atoms with Crippen molar-refractivity contribution in [2.75, 3.05) is 4.90 Å². The Kier molecular flexibility index (Phi) is 4.27. The molecule has 3 rings (SSSR count). The number of hydrogen-bond acceptors (Lipinski definition) is 1. The van der Waals surface area contributed by atoms with Crippen LogP contribution >= 0.6 is 0 Å². The zero-order valence-electron chi connectivity index (χ0n) is 13.1. The molecular weight excluding hydrogens is 353 g/mol. The molecule has 0 radical (unpaired) electrons. The van der Waals surface area contributed by atoms with Crippen LogP contribution in [-0.4, -0.2) is 5.96 Å². The number of nitrogens with two attached hydrogens (primary N) is 1. The Balaban J connectivity index is 2.25. The third-order valence-corrected chi connectivity index (χ3v) is 3.84. The van der Waals surface area contributed by atoms with Crippen molar-refractivity contribution in [3.05, 3.63) is 71.8 Å². The average molecular weight is 365 g/mol. The number of alkyl halides is 3. The van der Waals surface area contributed by atoms with Gasteiger partial charge in [0.2, 0.25) is 0 Å². The van der Waals surface area contributed by atoms with Gasteiger partial charge in [0.05, 0.1) is 11.3 Å². The molecule has 0 aliphatic rings. The summed E-state index contributed by atoms with van der Waals surface area (Å²) in [4.78, 5) is 0.996. The summed E-state index contributed by atoms with van der Waals surface area (Å²) < 4.78 is 66.6. The number of nitrogens with one attached hydrogen (secondary N) is 1. The van der Waals surface area contributed by atoms with Gasteiger partial charge in [0, 0.05) is 16.5 Å². The lowest BCUT2D eigenvalue weighted by Crippen LogP contribution is -2.32. The molecule has 0 aliphatic heterocycles. The Morgan fingerprint density at radius 1 is 0.885 bits per heavy atom. The second-order valence-corrected chi connectivity index (χ2v) is 5.49. The summed E-state index contributed by atoms with van der Waals surface area (Å²) in [5, 5.41) is 8.34. The number of guanidine groups is 1. The van der Waals surface area contributed by atoms with Crippen LogP contribution in [0, 0.1) is 17.0 Å². The van der Waals surface area contributed by atoms with Gasteiger partial charge in [-0.05, 0) is 30.3 Å². The van der Waals surface area contributed by atoms with Gasteiger partial charge in [0.15, 0.2) is 5.96 Å². The minimum absolute atomic E-state index is 0.164. The molecule has 26 heavy (non-hydrogen) atoms. The van der Waals surface area contributed by atoms with E-state index >= 15 is 0 Å². The first kappa shape index (κ1) is 17.7. The van der Waals surface area contributed by atoms with Crippen molar-refractivity contribution in [1.82, 2.24) is 0 Å². The topological polar surface area (TPSA) is 53.1 Å². The quantitative estimate of drug-likeness (QED) is 0.374. The van der Waals surface area contributed by atoms with Gasteiger partial charge in [-0.1, -0.05) is 24.3 Å². The Morgan fingerprint density at radius 3 is 2.12 bits per heavy atom. The van der Waals surface area contributed by atoms with Crippen molar-refractivity contribution in [1.29, 1.82) is 5.41 Å². The van der Waals surface area contributed by atoms with Crippen molar-refractivity contribution in [2.24, 2.45) is 5.73 Å². The number of anilines is 2. The summed E-state index contributed by atoms with van der Waals surface area (Å²) >= 11 is 0. The Labute approximate surface area is 145 Å². The summed E-state index contributed by atoms with van der Waals surface area (Å²) in [6.45, 7) is 0. The fourth-order valence-corrected chi connectivity index (χ4v) is 2.72. The lowest BCUT2D eigenvalue weighted by Gasteiger charge is -2.25. The minimum atomic E-state index is -4.91. The Bertz CT molecular complexity index is 998. The van der Waals surface area contributed by atoms with Crippen LogP contribution in [0.5, 0.6) is 0 Å². The van der Waals surface area contributed by atoms with E-state index < -0.39 is 29.3 Å². The minimum Gasteiger partial charge on any atom is -0.369 e. The number of nitrogens with zero attached hydrogens (tertiary/aromatic N) is 1. The van der Waals surface area contributed by atoms with Gasteiger partial charge in [-0.3, -0.25) is 10.3 Å². The van der Waals surface area contributed by atoms with Gasteiger partial charge in [0.25, 0.3) is 0 Å². The largest absolute Gasteiger partial charge is 0.419 e. The molecule has 0 unspecified atom stereocenters. The fraction of sp³-hybridized carbons (Fsp3) is 0.0556. The van der Waals surface area contributed by atoms with Gasteiger partial charge >= 0.3 is 6.18 Å². The van der Waals surface area contributed by atoms with Gasteiger partial charge in [-0.2, -0.15) is 13.2 Å². The van der Waals surface area contributed by atoms with E-state index in [1.165, 1.54) is 12.1 Å². The maximum Gasteiger partial charge on any atom is 0.419 e. The molecule has 3 aromatic rings. The third-order valence-electron chi connectivity index (χ3n) is 3.84. The van der Waals surface area contributed by atoms with Crippen molar-refractivity contribution >= 4 is 28.1 Å². The number of halogens is 5. The lowest BCUT2D eigenvalue weighted by atomic mass is 10.1. The van der Waals surface area contributed by atoms with Crippen LogP contribution < -0.4 is 10.6 Å². The van der Waals surface area contributed by atoms with Crippen LogP contribution in [0.25, 0.3) is 10.8 Å². The molecule has 3 N–H and O–H groups in total. The normalized spacial score (nSPS) is 11.6. The zero-order valence-corrected chi connectivity index (χ0v) is 13.1. The highest BCUT2D eigenvalue weighted by Gasteiger charge is 2.35. The van der Waals surface area contributed by atoms with E-state index in [4.69, 9.17) is 11.1 Å². The molecule has 0 saturated heterocycles. The number of fused-ring (bicyclic) bond motifs is 1. The molecular formula is C18H12F5N3. The number of hydrogen-bond donors (Lipinski definition) is 2. The van der Waals surface area contributed by atoms with E-state index in [2.05, 4.69) is 0 Å². The predicted octanol–water partition coefficient (Wildman–Crippen LogP) is 5.17. The monoisotopic (exact) mass is 365 g/mol. The van der Waals surface area contributed by atoms with E-state index in [-0.39, 0.29) is 16.8 Å². The lowest BCUT2D eigenvalue weighted by molar-refractivity contribution is -0.139. The van der Waals surface area contributed by atoms with Crippen LogP contribution in [0.1, 0.15) is 5.56 Å². The highest BCUT2D eigenvalue weighted by Crippen LogP contribution is 2.37. The molecule has 0 aliphatic carbocycles. The SMILES string of the molecule is N=C(N)N(c1ccc(F)c(C(F)(F)F)c1)c1ccc(F)c2ccccc12. The molecule has 0 bridgehead atoms. The van der Waals surface area contributed by atoms with Crippen molar-refractivity contribution in [3.63, 3.8) is 0 Å². The van der Waals surface area contributed by atoms with E-state index in [0.29, 0.717) is 17.5 Å². The second-order valence-electron chi connectivity index (χ2n) is 5.49. The standard InChI is InChI=1S/C18H12F5N3/c19-14-7-8-16(12-4-2-1-3-11(12)14)26(17(24)25)10-5-6-15(20)13(9-10)18(21,22)23/h1-9H,(H3,24,25). The first-order valence-corrected chi connectivity index (χ1v) is 7.38. The number of rotatable bonds is 2. The van der Waals surface area contributed by atoms with E-state index in [1.54, 1.807) is 18.2 Å². The molecule has 0 saturated carbocycles. The van der Waals surface area contributed by atoms with Crippen LogP contribution in [0.15, 0.2) is 54.6 Å². The molecule has 3 aromatic carbocycles. The van der Waals surface area contributed by atoms with Gasteiger partial charge < -0.3 is 5.73 Å². The summed E-state index contributed by atoms with van der Waals surface area (Å²) in [6.07, 6.45) is -4.91. The predicted molar refractivity (Wildman–Crippen MR) is 89.4 cm³/mol. The van der Waals surface area contributed by atoms with Crippen LogP contribution in [0.4, 0.5) is 33.3 Å². The van der Waals surface area contributed by atoms with E-state index in [9.17, 15) is 22.0 Å². The Morgan fingerprint density at radius 2 is 1.50 bits per heavy atom. The molecule has 0 fully saturated rings. The third kappa shape index (κ3) is 3.05. The highest BCUT2D eigenvalue weighted by atomic mass is 19.4. The maximum atomic E-state index is 14.0. The second kappa shape index (κ2) is 6.29. The smallest absolute Gasteiger partial charge is 0.369 e. The molecule has 0 heterocycles. The van der Waals surface area contributed by atoms with Crippen LogP contribution in [0.2, 0.25) is 0 Å². The first-order chi connectivity index (χ1) is 12.2. The molecule has 0 spiro atoms. The molecule has 134 valence electrons. The zero-order chi connectivity index (χ0) is 19.1. The fourth-order valence-electron chi connectivity index (χ4n) is 2.72. The molecule has 0 amide bonds. The van der Waals surface area contributed by atoms with Crippen molar-refractivity contribution in [2.45, 2.75) is 6.18 Å². The summed E-state index contributed by atoms with van der Waals surface area (Å²) in [5.74, 6) is -2.56. The van der Waals surface area contributed by atoms with Crippen molar-refractivity contribution < 1.29 is 22.0 Å². The van der Waals surface area contributed by atoms with Crippen molar-refractivity contribution in [3.8, 4) is 0 Å². The van der Waals surface area contributed by atoms with E-state index in [1.807, 2.05) is 0 Å². The first-order valence-electron chi connectivity index (χ1n) is 7.38. The number of benzene rings is 3. The van der Waals surface area contributed by atoms with Crippen LogP contribution in [-0.2, 0) is 6.18 Å². The maximum absolute atomic E-state index is 14.0. The molecule has 8 heteroatoms. The molecule has 0 aromatic heterocycles. The van der Waals surface area contributed by atoms with Gasteiger partial charge in [0.1, 0.15) is 11.6 Å². The van der Waals surface area contributed by atoms with Gasteiger partial charge in [-0.25, -0.2) is 8.78 Å². The summed E-state index contributed by atoms with van der Waals surface area (Å²) in [5.41, 5.74) is 4.13. The summed E-state index contributed by atoms with van der Waals surface area (Å²) in [7, 11) is 0. The summed E-state index contributed by atoms with van der Waals surface area (Å²) in [6, 6.07) is 11.0. The highest BCUT2D eigenvalue weighted by molar-refractivity contribution is 6.08. The van der Waals surface area contributed by atoms with Crippen LogP contribution in [0.3, 0.4) is 0 Å².